The third-order valence-corrected chi connectivity index (χ3v) is 4.12. The highest BCUT2D eigenvalue weighted by Crippen LogP contribution is 2.42. The summed E-state index contributed by atoms with van der Waals surface area (Å²) in [5.74, 6) is 2.29. The van der Waals surface area contributed by atoms with Crippen molar-refractivity contribution >= 4 is 0 Å². The number of ether oxygens (including phenoxy) is 3. The van der Waals surface area contributed by atoms with Crippen LogP contribution in [0.3, 0.4) is 0 Å². The molecule has 5 nitrogen and oxygen atoms in total. The van der Waals surface area contributed by atoms with Gasteiger partial charge in [0.1, 0.15) is 0 Å². The van der Waals surface area contributed by atoms with Crippen molar-refractivity contribution in [1.29, 1.82) is 0 Å². The molecule has 0 bridgehead atoms. The summed E-state index contributed by atoms with van der Waals surface area (Å²) in [6, 6.07) is 4.78. The highest BCUT2D eigenvalue weighted by molar-refractivity contribution is 5.55. The number of benzene rings is 1. The average Bonchev–Trinajstić information content (AvgIpc) is 2.95. The van der Waals surface area contributed by atoms with Crippen molar-refractivity contribution in [3.05, 3.63) is 17.7 Å². The van der Waals surface area contributed by atoms with E-state index in [1.807, 2.05) is 7.05 Å². The van der Waals surface area contributed by atoms with Gasteiger partial charge < -0.3 is 19.5 Å². The summed E-state index contributed by atoms with van der Waals surface area (Å²) in [6.07, 6.45) is 2.41. The van der Waals surface area contributed by atoms with E-state index < -0.39 is 0 Å². The molecule has 1 saturated heterocycles. The molecule has 1 N–H and O–H groups in total. The van der Waals surface area contributed by atoms with Crippen LogP contribution in [0.15, 0.2) is 12.1 Å². The second-order valence-electron chi connectivity index (χ2n) is 5.37. The molecule has 2 aliphatic heterocycles. The van der Waals surface area contributed by atoms with Crippen molar-refractivity contribution in [2.24, 2.45) is 0 Å². The van der Waals surface area contributed by atoms with Gasteiger partial charge >= 0.3 is 0 Å². The molecule has 1 aromatic rings. The maximum Gasteiger partial charge on any atom is 0.231 e. The maximum absolute atomic E-state index is 5.47. The van der Waals surface area contributed by atoms with Gasteiger partial charge in [-0.05, 0) is 50.7 Å². The van der Waals surface area contributed by atoms with Gasteiger partial charge in [0.2, 0.25) is 12.5 Å². The summed E-state index contributed by atoms with van der Waals surface area (Å²) in [6.45, 7) is 3.47. The number of fused-ring (bicyclic) bond motifs is 1. The quantitative estimate of drug-likeness (QED) is 0.906. The molecule has 0 unspecified atom stereocenters. The number of hydrogen-bond donors (Lipinski definition) is 1. The summed E-state index contributed by atoms with van der Waals surface area (Å²) >= 11 is 0. The lowest BCUT2D eigenvalue weighted by Gasteiger charge is -2.31. The Morgan fingerprint density at radius 2 is 2.10 bits per heavy atom. The monoisotopic (exact) mass is 278 g/mol. The molecule has 0 spiro atoms. The smallest absolute Gasteiger partial charge is 0.231 e. The van der Waals surface area contributed by atoms with Crippen LogP contribution in [0.5, 0.6) is 17.2 Å². The molecule has 110 valence electrons. The third-order valence-electron chi connectivity index (χ3n) is 4.12. The van der Waals surface area contributed by atoms with Gasteiger partial charge in [-0.1, -0.05) is 0 Å². The van der Waals surface area contributed by atoms with Gasteiger partial charge in [0.05, 0.1) is 7.11 Å². The molecule has 0 aliphatic carbocycles. The Bertz CT molecular complexity index is 470. The van der Waals surface area contributed by atoms with Gasteiger partial charge in [-0.2, -0.15) is 0 Å². The average molecular weight is 278 g/mol. The van der Waals surface area contributed by atoms with Gasteiger partial charge in [0, 0.05) is 12.6 Å². The molecule has 2 heterocycles. The van der Waals surface area contributed by atoms with Gasteiger partial charge in [-0.3, -0.25) is 4.90 Å². The molecule has 0 saturated carbocycles. The fourth-order valence-corrected chi connectivity index (χ4v) is 2.91. The zero-order valence-electron chi connectivity index (χ0n) is 12.1. The summed E-state index contributed by atoms with van der Waals surface area (Å²) < 4.78 is 16.3. The van der Waals surface area contributed by atoms with Gasteiger partial charge in [-0.25, -0.2) is 0 Å². The number of piperidine rings is 1. The fourth-order valence-electron chi connectivity index (χ4n) is 2.91. The SMILES string of the molecule is CNC1CCN(Cc2cc(OC)c3c(c2)OCO3)CC1. The Balaban J connectivity index is 1.69. The van der Waals surface area contributed by atoms with Crippen molar-refractivity contribution in [3.63, 3.8) is 0 Å². The van der Waals surface area contributed by atoms with E-state index in [9.17, 15) is 0 Å². The van der Waals surface area contributed by atoms with Crippen LogP contribution in [-0.2, 0) is 6.54 Å². The molecule has 20 heavy (non-hydrogen) atoms. The van der Waals surface area contributed by atoms with Crippen molar-refractivity contribution < 1.29 is 14.2 Å². The largest absolute Gasteiger partial charge is 0.493 e. The van der Waals surface area contributed by atoms with Crippen molar-refractivity contribution in [2.45, 2.75) is 25.4 Å². The first-order chi connectivity index (χ1) is 9.80. The molecule has 5 heteroatoms. The maximum atomic E-state index is 5.47. The van der Waals surface area contributed by atoms with Crippen LogP contribution in [0.4, 0.5) is 0 Å². The third kappa shape index (κ3) is 2.69. The highest BCUT2D eigenvalue weighted by Gasteiger charge is 2.22. The summed E-state index contributed by atoms with van der Waals surface area (Å²) in [7, 11) is 3.71. The van der Waals surface area contributed by atoms with E-state index >= 15 is 0 Å². The van der Waals surface area contributed by atoms with Crippen LogP contribution in [0.1, 0.15) is 18.4 Å². The number of nitrogens with one attached hydrogen (secondary N) is 1. The van der Waals surface area contributed by atoms with Crippen molar-refractivity contribution in [2.75, 3.05) is 34.0 Å². The molecule has 2 aliphatic rings. The fraction of sp³-hybridized carbons (Fsp3) is 0.600. The van der Waals surface area contributed by atoms with Crippen LogP contribution >= 0.6 is 0 Å². The molecule has 1 fully saturated rings. The molecule has 0 atom stereocenters. The predicted molar refractivity (Wildman–Crippen MR) is 76.5 cm³/mol. The zero-order chi connectivity index (χ0) is 13.9. The first kappa shape index (κ1) is 13.5. The van der Waals surface area contributed by atoms with Crippen molar-refractivity contribution in [1.82, 2.24) is 10.2 Å². The Morgan fingerprint density at radius 3 is 2.80 bits per heavy atom. The predicted octanol–water partition coefficient (Wildman–Crippen LogP) is 1.61. The summed E-state index contributed by atoms with van der Waals surface area (Å²) in [5.41, 5.74) is 1.22. The number of hydrogen-bond acceptors (Lipinski definition) is 5. The van der Waals surface area contributed by atoms with Gasteiger partial charge in [0.15, 0.2) is 11.5 Å². The number of methoxy groups -OCH3 is 1. The van der Waals surface area contributed by atoms with Gasteiger partial charge in [0.25, 0.3) is 0 Å². The topological polar surface area (TPSA) is 43.0 Å². The summed E-state index contributed by atoms with van der Waals surface area (Å²) in [4.78, 5) is 2.48. The van der Waals surface area contributed by atoms with Crippen LogP contribution in [0.2, 0.25) is 0 Å². The molecule has 0 radical (unpaired) electrons. The number of nitrogens with zero attached hydrogens (tertiary/aromatic N) is 1. The van der Waals surface area contributed by atoms with Crippen LogP contribution in [0, 0.1) is 0 Å². The first-order valence-electron chi connectivity index (χ1n) is 7.16. The minimum atomic E-state index is 0.280. The van der Waals surface area contributed by atoms with E-state index in [2.05, 4.69) is 22.3 Å². The number of rotatable bonds is 4. The van der Waals surface area contributed by atoms with E-state index in [0.717, 1.165) is 36.9 Å². The second-order valence-corrected chi connectivity index (χ2v) is 5.37. The molecule has 0 amide bonds. The minimum Gasteiger partial charge on any atom is -0.493 e. The summed E-state index contributed by atoms with van der Waals surface area (Å²) in [5, 5.41) is 3.36. The molecular weight excluding hydrogens is 256 g/mol. The highest BCUT2D eigenvalue weighted by atomic mass is 16.7. The van der Waals surface area contributed by atoms with E-state index in [1.54, 1.807) is 7.11 Å². The van der Waals surface area contributed by atoms with E-state index in [4.69, 9.17) is 14.2 Å². The lowest BCUT2D eigenvalue weighted by atomic mass is 10.0. The molecule has 1 aromatic carbocycles. The zero-order valence-corrected chi connectivity index (χ0v) is 12.1. The Hall–Kier alpha value is -1.46. The normalized spacial score (nSPS) is 19.3. The Kier molecular flexibility index (Phi) is 3.98. The van der Waals surface area contributed by atoms with E-state index in [0.29, 0.717) is 6.04 Å². The van der Waals surface area contributed by atoms with Crippen LogP contribution in [-0.4, -0.2) is 45.0 Å². The lowest BCUT2D eigenvalue weighted by molar-refractivity contribution is 0.171. The lowest BCUT2D eigenvalue weighted by Crippen LogP contribution is -2.40. The Morgan fingerprint density at radius 1 is 1.30 bits per heavy atom. The van der Waals surface area contributed by atoms with E-state index in [-0.39, 0.29) is 6.79 Å². The number of likely N-dealkylation sites (tertiary alicyclic amines) is 1. The van der Waals surface area contributed by atoms with E-state index in [1.165, 1.54) is 18.4 Å². The van der Waals surface area contributed by atoms with Crippen molar-refractivity contribution in [3.8, 4) is 17.2 Å². The first-order valence-corrected chi connectivity index (χ1v) is 7.16. The van der Waals surface area contributed by atoms with Crippen LogP contribution in [0.25, 0.3) is 0 Å². The van der Waals surface area contributed by atoms with Crippen LogP contribution < -0.4 is 19.5 Å². The molecule has 0 aromatic heterocycles. The standard InChI is InChI=1S/C15H22N2O3/c1-16-12-3-5-17(6-4-12)9-11-7-13(18-2)15-14(8-11)19-10-20-15/h7-8,12,16H,3-6,9-10H2,1-2H3. The Labute approximate surface area is 119 Å². The second kappa shape index (κ2) is 5.89. The van der Waals surface area contributed by atoms with Gasteiger partial charge in [-0.15, -0.1) is 0 Å². The molecular formula is C15H22N2O3. The molecule has 3 rings (SSSR count). The minimum absolute atomic E-state index is 0.280.